The fourth-order valence-corrected chi connectivity index (χ4v) is 3.40. The molecule has 1 N–H and O–H groups in total. The first-order valence-electron chi connectivity index (χ1n) is 5.82. The Morgan fingerprint density at radius 2 is 1.78 bits per heavy atom. The summed E-state index contributed by atoms with van der Waals surface area (Å²) in [5.41, 5.74) is 0.0212. The molecule has 0 unspecified atom stereocenters. The Labute approximate surface area is 134 Å². The van der Waals surface area contributed by atoms with Gasteiger partial charge in [-0.1, -0.05) is 13.8 Å². The van der Waals surface area contributed by atoms with E-state index in [9.17, 15) is 9.59 Å². The number of nitrogens with one attached hydrogen (secondary N) is 1. The van der Waals surface area contributed by atoms with Crippen LogP contribution in [0.1, 0.15) is 26.7 Å². The van der Waals surface area contributed by atoms with Crippen LogP contribution in [0.2, 0.25) is 0 Å². The summed E-state index contributed by atoms with van der Waals surface area (Å²) >= 11 is 3.99. The molecule has 100 valence electrons. The molecule has 0 aromatic carbocycles. The molecule has 0 aliphatic heterocycles. The van der Waals surface area contributed by atoms with E-state index in [4.69, 9.17) is 0 Å². The number of amides is 1. The number of nitrogens with zero attached hydrogens (tertiary/aromatic N) is 1. The Kier molecular flexibility index (Phi) is 6.61. The van der Waals surface area contributed by atoms with Crippen molar-refractivity contribution in [3.05, 3.63) is 29.8 Å². The van der Waals surface area contributed by atoms with Crippen LogP contribution in [-0.2, 0) is 11.3 Å². The summed E-state index contributed by atoms with van der Waals surface area (Å²) < 4.78 is 3.02. The molecule has 1 aromatic rings. The maximum atomic E-state index is 11.8. The average Bonchev–Trinajstić information content (AvgIpc) is 2.32. The summed E-state index contributed by atoms with van der Waals surface area (Å²) in [6.07, 6.45) is 5.28. The van der Waals surface area contributed by atoms with Crippen molar-refractivity contribution in [2.45, 2.75) is 39.3 Å². The third-order valence-electron chi connectivity index (χ3n) is 2.67. The van der Waals surface area contributed by atoms with Gasteiger partial charge in [0.15, 0.2) is 0 Å². The molecule has 0 radical (unpaired) electrons. The van der Waals surface area contributed by atoms with Gasteiger partial charge in [-0.25, -0.2) is 0 Å². The van der Waals surface area contributed by atoms with Crippen molar-refractivity contribution in [2.75, 3.05) is 0 Å². The molecule has 0 aliphatic rings. The first kappa shape index (κ1) is 15.9. The highest BCUT2D eigenvalue weighted by Gasteiger charge is 2.10. The summed E-state index contributed by atoms with van der Waals surface area (Å²) in [5.74, 6) is -0.0149. The minimum Gasteiger partial charge on any atom is -0.352 e. The van der Waals surface area contributed by atoms with Gasteiger partial charge in [-0.3, -0.25) is 9.59 Å². The van der Waals surface area contributed by atoms with Crippen LogP contribution >= 0.6 is 45.2 Å². The molecular formula is C12H16I2N2O2. The van der Waals surface area contributed by atoms with E-state index in [2.05, 4.69) is 19.2 Å². The third kappa shape index (κ3) is 4.52. The Morgan fingerprint density at radius 3 is 2.22 bits per heavy atom. The number of hydrogen-bond acceptors (Lipinski definition) is 2. The second-order valence-corrected chi connectivity index (χ2v) is 6.36. The molecule has 0 fully saturated rings. The summed E-state index contributed by atoms with van der Waals surface area (Å²) in [4.78, 5) is 23.4. The van der Waals surface area contributed by atoms with Gasteiger partial charge in [0.05, 0.1) is 7.14 Å². The van der Waals surface area contributed by atoms with Crippen LogP contribution in [0.4, 0.5) is 0 Å². The minimum absolute atomic E-state index is 0.0149. The summed E-state index contributed by atoms with van der Waals surface area (Å²) in [7, 11) is 0. The van der Waals surface area contributed by atoms with Crippen molar-refractivity contribution in [2.24, 2.45) is 0 Å². The lowest BCUT2D eigenvalue weighted by Gasteiger charge is -2.15. The molecular weight excluding hydrogens is 458 g/mol. The molecule has 1 heterocycles. The highest BCUT2D eigenvalue weighted by molar-refractivity contribution is 14.1. The normalized spacial score (nSPS) is 10.7. The van der Waals surface area contributed by atoms with Crippen LogP contribution in [0.25, 0.3) is 0 Å². The topological polar surface area (TPSA) is 51.1 Å². The second kappa shape index (κ2) is 7.46. The molecule has 1 amide bonds. The van der Waals surface area contributed by atoms with Crippen LogP contribution in [0.5, 0.6) is 0 Å². The smallest absolute Gasteiger partial charge is 0.240 e. The molecule has 0 spiro atoms. The molecule has 1 rings (SSSR count). The van der Waals surface area contributed by atoms with Gasteiger partial charge in [0.1, 0.15) is 6.54 Å². The lowest BCUT2D eigenvalue weighted by Crippen LogP contribution is -2.36. The van der Waals surface area contributed by atoms with Gasteiger partial charge in [0.2, 0.25) is 11.3 Å². The van der Waals surface area contributed by atoms with E-state index in [0.29, 0.717) is 7.14 Å². The fraction of sp³-hybridized carbons (Fsp3) is 0.500. The first-order chi connectivity index (χ1) is 8.47. The van der Waals surface area contributed by atoms with E-state index in [1.54, 1.807) is 17.0 Å². The van der Waals surface area contributed by atoms with E-state index in [0.717, 1.165) is 12.8 Å². The van der Waals surface area contributed by atoms with E-state index in [1.807, 2.05) is 45.2 Å². The van der Waals surface area contributed by atoms with Crippen molar-refractivity contribution in [1.29, 1.82) is 0 Å². The summed E-state index contributed by atoms with van der Waals surface area (Å²) in [6.45, 7) is 4.36. The van der Waals surface area contributed by atoms with Crippen molar-refractivity contribution >= 4 is 51.1 Å². The molecule has 4 nitrogen and oxygen atoms in total. The number of pyridine rings is 1. The van der Waals surface area contributed by atoms with Crippen molar-refractivity contribution in [3.63, 3.8) is 0 Å². The maximum Gasteiger partial charge on any atom is 0.240 e. The van der Waals surface area contributed by atoms with Gasteiger partial charge >= 0.3 is 0 Å². The second-order valence-electron chi connectivity index (χ2n) is 4.04. The number of halogens is 2. The number of carbonyl (C=O) groups excluding carboxylic acids is 1. The van der Waals surface area contributed by atoms with E-state index in [-0.39, 0.29) is 23.9 Å². The molecule has 6 heteroatoms. The van der Waals surface area contributed by atoms with E-state index < -0.39 is 0 Å². The summed E-state index contributed by atoms with van der Waals surface area (Å²) in [5, 5.41) is 2.98. The Bertz CT molecular complexity index is 455. The van der Waals surface area contributed by atoms with Crippen LogP contribution < -0.4 is 10.7 Å². The van der Waals surface area contributed by atoms with Crippen LogP contribution in [0.15, 0.2) is 17.2 Å². The van der Waals surface area contributed by atoms with Gasteiger partial charge in [0.25, 0.3) is 0 Å². The molecule has 0 atom stereocenters. The lowest BCUT2D eigenvalue weighted by molar-refractivity contribution is -0.122. The van der Waals surface area contributed by atoms with Crippen molar-refractivity contribution in [1.82, 2.24) is 9.88 Å². The zero-order valence-corrected chi connectivity index (χ0v) is 14.7. The number of aromatic nitrogens is 1. The monoisotopic (exact) mass is 474 g/mol. The van der Waals surface area contributed by atoms with Crippen LogP contribution in [0, 0.1) is 7.14 Å². The van der Waals surface area contributed by atoms with Gasteiger partial charge < -0.3 is 9.88 Å². The molecule has 18 heavy (non-hydrogen) atoms. The lowest BCUT2D eigenvalue weighted by atomic mass is 10.2. The molecule has 1 aromatic heterocycles. The van der Waals surface area contributed by atoms with Crippen LogP contribution in [-0.4, -0.2) is 16.5 Å². The van der Waals surface area contributed by atoms with Crippen molar-refractivity contribution < 1.29 is 4.79 Å². The van der Waals surface area contributed by atoms with Gasteiger partial charge in [-0.05, 0) is 58.0 Å². The van der Waals surface area contributed by atoms with E-state index >= 15 is 0 Å². The van der Waals surface area contributed by atoms with Gasteiger partial charge in [-0.15, -0.1) is 0 Å². The third-order valence-corrected chi connectivity index (χ3v) is 4.21. The highest BCUT2D eigenvalue weighted by atomic mass is 127. The number of rotatable bonds is 5. The average molecular weight is 474 g/mol. The zero-order valence-electron chi connectivity index (χ0n) is 10.4. The SMILES string of the molecule is CCC(CC)NC(=O)Cn1cc(I)c(=O)c(I)c1. The van der Waals surface area contributed by atoms with Crippen LogP contribution in [0.3, 0.4) is 0 Å². The standard InChI is InChI=1S/C12H16I2N2O2/c1-3-8(4-2)15-11(17)7-16-5-9(13)12(18)10(14)6-16/h5-6,8H,3-4,7H2,1-2H3,(H,15,17). The molecule has 0 saturated carbocycles. The minimum atomic E-state index is -0.0149. The zero-order chi connectivity index (χ0) is 13.7. The molecule has 0 saturated heterocycles. The molecule has 0 bridgehead atoms. The Morgan fingerprint density at radius 1 is 1.28 bits per heavy atom. The highest BCUT2D eigenvalue weighted by Crippen LogP contribution is 2.04. The quantitative estimate of drug-likeness (QED) is 0.667. The van der Waals surface area contributed by atoms with Gasteiger partial charge in [-0.2, -0.15) is 0 Å². The van der Waals surface area contributed by atoms with Crippen molar-refractivity contribution in [3.8, 4) is 0 Å². The largest absolute Gasteiger partial charge is 0.352 e. The summed E-state index contributed by atoms with van der Waals surface area (Å²) in [6, 6.07) is 0.232. The van der Waals surface area contributed by atoms with Gasteiger partial charge in [0, 0.05) is 18.4 Å². The fourth-order valence-electron chi connectivity index (χ4n) is 1.58. The Balaban J connectivity index is 2.73. The predicted molar refractivity (Wildman–Crippen MR) is 88.6 cm³/mol. The number of hydrogen-bond donors (Lipinski definition) is 1. The first-order valence-corrected chi connectivity index (χ1v) is 7.98. The Hall–Kier alpha value is -0.120. The predicted octanol–water partition coefficient (Wildman–Crippen LogP) is 2.36. The van der Waals surface area contributed by atoms with E-state index in [1.165, 1.54) is 0 Å². The number of carbonyl (C=O) groups is 1. The maximum absolute atomic E-state index is 11.8. The molecule has 0 aliphatic carbocycles.